The Morgan fingerprint density at radius 2 is 2.00 bits per heavy atom. The van der Waals surface area contributed by atoms with Crippen molar-refractivity contribution in [2.24, 2.45) is 0 Å². The van der Waals surface area contributed by atoms with Gasteiger partial charge in [0, 0.05) is 25.5 Å². The highest BCUT2D eigenvalue weighted by molar-refractivity contribution is 7.89. The minimum Gasteiger partial charge on any atom is -0.377 e. The van der Waals surface area contributed by atoms with Crippen molar-refractivity contribution in [3.63, 3.8) is 0 Å². The van der Waals surface area contributed by atoms with Crippen LogP contribution in [0.3, 0.4) is 0 Å². The Morgan fingerprint density at radius 3 is 2.67 bits per heavy atom. The standard InChI is InChI=1S/C18H22N2O3S/c1-2-23-18-10-12-20(17(18)13-15-7-6-11-19-14-15)24(21,22)16-8-4-3-5-9-16/h3-9,11,14,17-18H,2,10,12-13H2,1H3/t17-,18-/m1/s1. The molecule has 0 radical (unpaired) electrons. The third kappa shape index (κ3) is 3.50. The first kappa shape index (κ1) is 17.1. The predicted molar refractivity (Wildman–Crippen MR) is 92.1 cm³/mol. The van der Waals surface area contributed by atoms with Crippen LogP contribution in [0.15, 0.2) is 59.8 Å². The summed E-state index contributed by atoms with van der Waals surface area (Å²) >= 11 is 0. The van der Waals surface area contributed by atoms with Crippen LogP contribution in [0, 0.1) is 0 Å². The minimum atomic E-state index is -3.53. The van der Waals surface area contributed by atoms with Gasteiger partial charge in [-0.1, -0.05) is 24.3 Å². The summed E-state index contributed by atoms with van der Waals surface area (Å²) in [7, 11) is -3.53. The molecular formula is C18H22N2O3S. The van der Waals surface area contributed by atoms with Gasteiger partial charge in [-0.2, -0.15) is 4.31 Å². The van der Waals surface area contributed by atoms with E-state index in [1.165, 1.54) is 0 Å². The molecule has 1 aliphatic rings. The number of ether oxygens (including phenoxy) is 1. The first-order valence-electron chi connectivity index (χ1n) is 8.20. The van der Waals surface area contributed by atoms with Crippen molar-refractivity contribution in [3.8, 4) is 0 Å². The molecule has 0 unspecified atom stereocenters. The Morgan fingerprint density at radius 1 is 1.21 bits per heavy atom. The molecule has 3 rings (SSSR count). The zero-order valence-corrected chi connectivity index (χ0v) is 14.5. The van der Waals surface area contributed by atoms with Crippen molar-refractivity contribution < 1.29 is 13.2 Å². The van der Waals surface area contributed by atoms with Gasteiger partial charge in [-0.15, -0.1) is 0 Å². The second-order valence-corrected chi connectivity index (χ2v) is 7.73. The lowest BCUT2D eigenvalue weighted by atomic mass is 10.0. The molecule has 0 saturated carbocycles. The average molecular weight is 346 g/mol. The Bertz CT molecular complexity index is 750. The first-order valence-corrected chi connectivity index (χ1v) is 9.64. The van der Waals surface area contributed by atoms with E-state index in [-0.39, 0.29) is 12.1 Å². The third-order valence-corrected chi connectivity index (χ3v) is 6.27. The van der Waals surface area contributed by atoms with Crippen molar-refractivity contribution in [2.45, 2.75) is 36.8 Å². The topological polar surface area (TPSA) is 59.5 Å². The van der Waals surface area contributed by atoms with E-state index in [9.17, 15) is 8.42 Å². The van der Waals surface area contributed by atoms with Gasteiger partial charge in [-0.05, 0) is 43.5 Å². The third-order valence-electron chi connectivity index (χ3n) is 4.33. The van der Waals surface area contributed by atoms with Crippen LogP contribution in [0.25, 0.3) is 0 Å². The molecule has 0 spiro atoms. The molecule has 1 aromatic heterocycles. The molecule has 5 nitrogen and oxygen atoms in total. The number of pyridine rings is 1. The fourth-order valence-electron chi connectivity index (χ4n) is 3.23. The Balaban J connectivity index is 1.90. The quantitative estimate of drug-likeness (QED) is 0.806. The summed E-state index contributed by atoms with van der Waals surface area (Å²) in [6, 6.07) is 12.2. The van der Waals surface area contributed by atoms with E-state index in [4.69, 9.17) is 4.74 Å². The van der Waals surface area contributed by atoms with E-state index < -0.39 is 10.0 Å². The molecular weight excluding hydrogens is 324 g/mol. The molecule has 6 heteroatoms. The molecule has 1 saturated heterocycles. The highest BCUT2D eigenvalue weighted by Crippen LogP contribution is 2.30. The molecule has 2 atom stereocenters. The van der Waals surface area contributed by atoms with Crippen molar-refractivity contribution in [3.05, 3.63) is 60.4 Å². The van der Waals surface area contributed by atoms with Crippen LogP contribution >= 0.6 is 0 Å². The maximum atomic E-state index is 13.0. The van der Waals surface area contributed by atoms with Gasteiger partial charge in [0.1, 0.15) is 0 Å². The maximum Gasteiger partial charge on any atom is 0.243 e. The van der Waals surface area contributed by atoms with Crippen LogP contribution in [-0.2, 0) is 21.2 Å². The Hall–Kier alpha value is -1.76. The van der Waals surface area contributed by atoms with Gasteiger partial charge in [-0.25, -0.2) is 8.42 Å². The number of benzene rings is 1. The van der Waals surface area contributed by atoms with Crippen LogP contribution < -0.4 is 0 Å². The second kappa shape index (κ2) is 7.42. The highest BCUT2D eigenvalue weighted by atomic mass is 32.2. The summed E-state index contributed by atoms with van der Waals surface area (Å²) < 4.78 is 33.5. The van der Waals surface area contributed by atoms with E-state index in [1.54, 1.807) is 41.0 Å². The highest BCUT2D eigenvalue weighted by Gasteiger charge is 2.41. The summed E-state index contributed by atoms with van der Waals surface area (Å²) in [6.45, 7) is 3.00. The molecule has 1 aromatic carbocycles. The Labute approximate surface area is 143 Å². The van der Waals surface area contributed by atoms with Crippen molar-refractivity contribution >= 4 is 10.0 Å². The monoisotopic (exact) mass is 346 g/mol. The van der Waals surface area contributed by atoms with Crippen molar-refractivity contribution in [1.82, 2.24) is 9.29 Å². The molecule has 0 aliphatic carbocycles. The smallest absolute Gasteiger partial charge is 0.243 e. The van der Waals surface area contributed by atoms with Gasteiger partial charge in [0.2, 0.25) is 10.0 Å². The zero-order chi connectivity index (χ0) is 17.0. The fourth-order valence-corrected chi connectivity index (χ4v) is 4.91. The molecule has 128 valence electrons. The van der Waals surface area contributed by atoms with Crippen molar-refractivity contribution in [1.29, 1.82) is 0 Å². The zero-order valence-electron chi connectivity index (χ0n) is 13.7. The molecule has 2 aromatic rings. The molecule has 24 heavy (non-hydrogen) atoms. The van der Waals surface area contributed by atoms with E-state index >= 15 is 0 Å². The minimum absolute atomic E-state index is 0.0892. The molecule has 0 N–H and O–H groups in total. The van der Waals surface area contributed by atoms with Gasteiger partial charge in [0.05, 0.1) is 17.0 Å². The van der Waals surface area contributed by atoms with E-state index in [2.05, 4.69) is 4.98 Å². The SMILES string of the molecule is CCO[C@@H]1CCN(S(=O)(=O)c2ccccc2)[C@@H]1Cc1cccnc1. The normalized spacial score (nSPS) is 21.9. The maximum absolute atomic E-state index is 13.0. The molecule has 0 bridgehead atoms. The van der Waals surface area contributed by atoms with Gasteiger partial charge < -0.3 is 4.74 Å². The van der Waals surface area contributed by atoms with E-state index in [1.807, 2.05) is 25.1 Å². The lowest BCUT2D eigenvalue weighted by Crippen LogP contribution is -2.41. The van der Waals surface area contributed by atoms with E-state index in [0.29, 0.717) is 30.9 Å². The molecule has 1 fully saturated rings. The number of aromatic nitrogens is 1. The van der Waals surface area contributed by atoms with Gasteiger partial charge in [0.15, 0.2) is 0 Å². The van der Waals surface area contributed by atoms with Gasteiger partial charge in [-0.3, -0.25) is 4.98 Å². The fraction of sp³-hybridized carbons (Fsp3) is 0.389. The van der Waals surface area contributed by atoms with Gasteiger partial charge >= 0.3 is 0 Å². The number of hydrogen-bond acceptors (Lipinski definition) is 4. The summed E-state index contributed by atoms with van der Waals surface area (Å²) in [5, 5.41) is 0. The second-order valence-electron chi connectivity index (χ2n) is 5.84. The number of rotatable bonds is 6. The predicted octanol–water partition coefficient (Wildman–Crippen LogP) is 2.49. The van der Waals surface area contributed by atoms with Crippen LogP contribution in [-0.4, -0.2) is 43.0 Å². The molecule has 2 heterocycles. The lowest BCUT2D eigenvalue weighted by Gasteiger charge is -2.27. The van der Waals surface area contributed by atoms with Crippen LogP contribution in [0.1, 0.15) is 18.9 Å². The van der Waals surface area contributed by atoms with E-state index in [0.717, 1.165) is 5.56 Å². The van der Waals surface area contributed by atoms with Crippen LogP contribution in [0.4, 0.5) is 0 Å². The summed E-state index contributed by atoms with van der Waals surface area (Å²) in [5.41, 5.74) is 1.02. The van der Waals surface area contributed by atoms with Crippen LogP contribution in [0.5, 0.6) is 0 Å². The summed E-state index contributed by atoms with van der Waals surface area (Å²) in [6.07, 6.45) is 4.73. The molecule has 0 amide bonds. The first-order chi connectivity index (χ1) is 11.6. The summed E-state index contributed by atoms with van der Waals surface area (Å²) in [5.74, 6) is 0. The number of hydrogen-bond donors (Lipinski definition) is 0. The average Bonchev–Trinajstić information content (AvgIpc) is 3.00. The Kier molecular flexibility index (Phi) is 5.28. The van der Waals surface area contributed by atoms with Crippen LogP contribution in [0.2, 0.25) is 0 Å². The number of nitrogens with zero attached hydrogens (tertiary/aromatic N) is 2. The number of sulfonamides is 1. The summed E-state index contributed by atoms with van der Waals surface area (Å²) in [4.78, 5) is 4.47. The van der Waals surface area contributed by atoms with Gasteiger partial charge in [0.25, 0.3) is 0 Å². The largest absolute Gasteiger partial charge is 0.377 e. The van der Waals surface area contributed by atoms with Crippen molar-refractivity contribution in [2.75, 3.05) is 13.2 Å². The molecule has 1 aliphatic heterocycles. The lowest BCUT2D eigenvalue weighted by molar-refractivity contribution is 0.0457.